The predicted octanol–water partition coefficient (Wildman–Crippen LogP) is 4.11. The van der Waals surface area contributed by atoms with Crippen molar-refractivity contribution in [2.45, 2.75) is 26.5 Å². The van der Waals surface area contributed by atoms with Crippen molar-refractivity contribution in [1.82, 2.24) is 4.57 Å². The first-order chi connectivity index (χ1) is 14.9. The Morgan fingerprint density at radius 2 is 1.87 bits per heavy atom. The van der Waals surface area contributed by atoms with Crippen molar-refractivity contribution in [1.29, 1.82) is 0 Å². The van der Waals surface area contributed by atoms with Gasteiger partial charge in [-0.25, -0.2) is 0 Å². The fourth-order valence-electron chi connectivity index (χ4n) is 3.61. The maximum atomic E-state index is 12.7. The van der Waals surface area contributed by atoms with E-state index in [1.165, 1.54) is 24.3 Å². The van der Waals surface area contributed by atoms with E-state index in [-0.39, 0.29) is 24.2 Å². The molecule has 0 radical (unpaired) electrons. The van der Waals surface area contributed by atoms with Crippen LogP contribution in [0.15, 0.2) is 54.6 Å². The third-order valence-electron chi connectivity index (χ3n) is 5.25. The Hall–Kier alpha value is -3.81. The number of non-ortho nitro benzene ring substituents is 1. The third-order valence-corrected chi connectivity index (χ3v) is 5.25. The molecule has 0 bridgehead atoms. The largest absolute Gasteiger partial charge is 0.486 e. The molecule has 4 rings (SSSR count). The van der Waals surface area contributed by atoms with Gasteiger partial charge in [0.2, 0.25) is 5.78 Å². The van der Waals surface area contributed by atoms with Crippen molar-refractivity contribution in [2.75, 3.05) is 13.2 Å². The van der Waals surface area contributed by atoms with Crippen LogP contribution in [0.3, 0.4) is 0 Å². The molecule has 2 heterocycles. The highest BCUT2D eigenvalue weighted by Crippen LogP contribution is 2.31. The van der Waals surface area contributed by atoms with Crippen molar-refractivity contribution in [3.63, 3.8) is 0 Å². The quantitative estimate of drug-likeness (QED) is 0.323. The van der Waals surface area contributed by atoms with Crippen molar-refractivity contribution in [2.24, 2.45) is 0 Å². The average Bonchev–Trinajstić information content (AvgIpc) is 3.06. The van der Waals surface area contributed by atoms with Crippen LogP contribution in [0.5, 0.6) is 17.2 Å². The van der Waals surface area contributed by atoms with Crippen LogP contribution in [0.4, 0.5) is 5.69 Å². The number of carbonyl (C=O) groups is 1. The number of aryl methyl sites for hydroxylation is 1. The number of benzene rings is 2. The summed E-state index contributed by atoms with van der Waals surface area (Å²) in [7, 11) is 0. The van der Waals surface area contributed by atoms with Crippen molar-refractivity contribution in [3.05, 3.63) is 81.7 Å². The van der Waals surface area contributed by atoms with E-state index in [1.807, 2.05) is 48.7 Å². The normalized spacial score (nSPS) is 14.8. The average molecular weight is 422 g/mol. The molecular weight excluding hydrogens is 400 g/mol. The second-order valence-corrected chi connectivity index (χ2v) is 7.36. The van der Waals surface area contributed by atoms with Gasteiger partial charge in [0.25, 0.3) is 5.69 Å². The van der Waals surface area contributed by atoms with Gasteiger partial charge in [-0.3, -0.25) is 14.9 Å². The number of ketones is 1. The molecule has 160 valence electrons. The van der Waals surface area contributed by atoms with Gasteiger partial charge in [0.15, 0.2) is 24.2 Å². The number of fused-ring (bicyclic) bond motifs is 1. The number of para-hydroxylation sites is 2. The van der Waals surface area contributed by atoms with Gasteiger partial charge in [-0.15, -0.1) is 0 Å². The molecule has 8 nitrogen and oxygen atoms in total. The fourth-order valence-corrected chi connectivity index (χ4v) is 3.61. The number of rotatable bonds is 7. The third kappa shape index (κ3) is 4.37. The molecule has 1 aliphatic rings. The zero-order chi connectivity index (χ0) is 22.0. The van der Waals surface area contributed by atoms with Crippen LogP contribution in [0, 0.1) is 24.0 Å². The molecule has 1 atom stereocenters. The molecule has 2 aromatic carbocycles. The molecular formula is C23H22N2O6. The van der Waals surface area contributed by atoms with Crippen LogP contribution >= 0.6 is 0 Å². The molecule has 0 fully saturated rings. The SMILES string of the molecule is Cc1cc(C(=O)COc2ccc([N+](=O)[O-])cc2)c(C)n1C[C@H]1COc2ccccc2O1. The highest BCUT2D eigenvalue weighted by atomic mass is 16.6. The Bertz CT molecular complexity index is 1120. The number of hydrogen-bond donors (Lipinski definition) is 0. The lowest BCUT2D eigenvalue weighted by Gasteiger charge is -2.27. The van der Waals surface area contributed by atoms with Crippen LogP contribution in [0.2, 0.25) is 0 Å². The van der Waals surface area contributed by atoms with Crippen molar-refractivity contribution < 1.29 is 23.9 Å². The van der Waals surface area contributed by atoms with Gasteiger partial charge >= 0.3 is 0 Å². The lowest BCUT2D eigenvalue weighted by atomic mass is 10.1. The second kappa shape index (κ2) is 8.51. The van der Waals surface area contributed by atoms with Crippen LogP contribution in [0.1, 0.15) is 21.7 Å². The maximum Gasteiger partial charge on any atom is 0.269 e. The number of Topliss-reactive ketones (excluding diaryl/α,β-unsaturated/α-hetero) is 1. The topological polar surface area (TPSA) is 92.8 Å². The number of aromatic nitrogens is 1. The van der Waals surface area contributed by atoms with Gasteiger partial charge in [0.1, 0.15) is 12.4 Å². The number of carbonyl (C=O) groups excluding carboxylic acids is 1. The summed E-state index contributed by atoms with van der Waals surface area (Å²) in [6.45, 7) is 4.67. The second-order valence-electron chi connectivity index (χ2n) is 7.36. The number of ether oxygens (including phenoxy) is 3. The van der Waals surface area contributed by atoms with E-state index in [4.69, 9.17) is 14.2 Å². The first kappa shape index (κ1) is 20.5. The minimum atomic E-state index is -0.483. The molecule has 0 aliphatic carbocycles. The van der Waals surface area contributed by atoms with Crippen molar-refractivity contribution >= 4 is 11.5 Å². The molecule has 1 aliphatic heterocycles. The minimum Gasteiger partial charge on any atom is -0.486 e. The lowest BCUT2D eigenvalue weighted by molar-refractivity contribution is -0.384. The van der Waals surface area contributed by atoms with Gasteiger partial charge in [-0.1, -0.05) is 12.1 Å². The smallest absolute Gasteiger partial charge is 0.269 e. The molecule has 31 heavy (non-hydrogen) atoms. The predicted molar refractivity (Wildman–Crippen MR) is 113 cm³/mol. The Morgan fingerprint density at radius 3 is 2.58 bits per heavy atom. The summed E-state index contributed by atoms with van der Waals surface area (Å²) < 4.78 is 19.4. The van der Waals surface area contributed by atoms with E-state index in [0.29, 0.717) is 30.2 Å². The minimum absolute atomic E-state index is 0.0289. The molecule has 0 saturated carbocycles. The molecule has 0 amide bonds. The Morgan fingerprint density at radius 1 is 1.16 bits per heavy atom. The van der Waals surface area contributed by atoms with E-state index < -0.39 is 4.92 Å². The summed E-state index contributed by atoms with van der Waals surface area (Å²) in [5.41, 5.74) is 2.33. The first-order valence-corrected chi connectivity index (χ1v) is 9.88. The summed E-state index contributed by atoms with van der Waals surface area (Å²) in [6, 6.07) is 15.0. The lowest BCUT2D eigenvalue weighted by Crippen LogP contribution is -2.33. The van der Waals surface area contributed by atoms with Crippen LogP contribution in [0.25, 0.3) is 0 Å². The molecule has 0 unspecified atom stereocenters. The van der Waals surface area contributed by atoms with Crippen LogP contribution in [-0.4, -0.2) is 34.6 Å². The summed E-state index contributed by atoms with van der Waals surface area (Å²) in [4.78, 5) is 23.0. The van der Waals surface area contributed by atoms with Gasteiger partial charge in [-0.05, 0) is 44.2 Å². The summed E-state index contributed by atoms with van der Waals surface area (Å²) in [6.07, 6.45) is -0.168. The van der Waals surface area contributed by atoms with Crippen molar-refractivity contribution in [3.8, 4) is 17.2 Å². The first-order valence-electron chi connectivity index (χ1n) is 9.88. The van der Waals surface area contributed by atoms with E-state index in [0.717, 1.165) is 17.1 Å². The summed E-state index contributed by atoms with van der Waals surface area (Å²) >= 11 is 0. The molecule has 1 aromatic heterocycles. The van der Waals surface area contributed by atoms with E-state index in [9.17, 15) is 14.9 Å². The van der Waals surface area contributed by atoms with Gasteiger partial charge < -0.3 is 18.8 Å². The van der Waals surface area contributed by atoms with Crippen LogP contribution in [-0.2, 0) is 6.54 Å². The fraction of sp³-hybridized carbons (Fsp3) is 0.261. The standard InChI is InChI=1S/C23H22N2O6/c1-15-11-20(21(26)14-29-18-9-7-17(8-10-18)25(27)28)16(2)24(15)12-19-13-30-22-5-3-4-6-23(22)31-19/h3-11,19H,12-14H2,1-2H3/t19-/m0/s1. The van der Waals surface area contributed by atoms with E-state index in [2.05, 4.69) is 0 Å². The zero-order valence-electron chi connectivity index (χ0n) is 17.2. The molecule has 3 aromatic rings. The molecule has 8 heteroatoms. The monoisotopic (exact) mass is 422 g/mol. The number of nitrogens with zero attached hydrogens (tertiary/aromatic N) is 2. The maximum absolute atomic E-state index is 12.7. The number of hydrogen-bond acceptors (Lipinski definition) is 6. The Kier molecular flexibility index (Phi) is 5.62. The summed E-state index contributed by atoms with van der Waals surface area (Å²) in [5, 5.41) is 10.7. The summed E-state index contributed by atoms with van der Waals surface area (Å²) in [5.74, 6) is 1.69. The highest BCUT2D eigenvalue weighted by molar-refractivity contribution is 5.98. The van der Waals surface area contributed by atoms with E-state index >= 15 is 0 Å². The van der Waals surface area contributed by atoms with Gasteiger partial charge in [-0.2, -0.15) is 0 Å². The van der Waals surface area contributed by atoms with Crippen LogP contribution < -0.4 is 14.2 Å². The molecule has 0 N–H and O–H groups in total. The van der Waals surface area contributed by atoms with E-state index in [1.54, 1.807) is 0 Å². The number of nitro groups is 1. The van der Waals surface area contributed by atoms with Gasteiger partial charge in [0, 0.05) is 29.1 Å². The highest BCUT2D eigenvalue weighted by Gasteiger charge is 2.24. The molecule has 0 saturated heterocycles. The van der Waals surface area contributed by atoms with Gasteiger partial charge in [0.05, 0.1) is 11.5 Å². The number of nitro benzene ring substituents is 1. The zero-order valence-corrected chi connectivity index (χ0v) is 17.2. The Balaban J connectivity index is 1.41. The molecule has 0 spiro atoms. The Labute approximate surface area is 179 Å².